The number of nitrogens with one attached hydrogen (secondary N) is 2. The highest BCUT2D eigenvalue weighted by atomic mass is 32.2. The molecule has 0 radical (unpaired) electrons. The average molecular weight is 420 g/mol. The second-order valence-corrected chi connectivity index (χ2v) is 8.77. The van der Waals surface area contributed by atoms with Crippen LogP contribution >= 0.6 is 0 Å². The second-order valence-electron chi connectivity index (χ2n) is 6.78. The minimum Gasteiger partial charge on any atom is -0.324 e. The number of piperidine rings is 1. The Balaban J connectivity index is 1.70. The molecule has 0 atom stereocenters. The van der Waals surface area contributed by atoms with Gasteiger partial charge in [0.25, 0.3) is 5.91 Å². The van der Waals surface area contributed by atoms with E-state index >= 15 is 0 Å². The van der Waals surface area contributed by atoms with Crippen molar-refractivity contribution in [2.24, 2.45) is 5.92 Å². The molecule has 2 amide bonds. The standard InChI is InChI=1S/C19H21FN4O4S/c1-29(27,28)24-10-7-13(8-11-24)18(25)23-17-12-14(20)5-6-15(17)22-19(26)16-4-2-3-9-21-16/h2-6,9,12-13H,7-8,10-11H2,1H3,(H,22,26)(H,23,25). The van der Waals surface area contributed by atoms with Gasteiger partial charge in [-0.25, -0.2) is 17.1 Å². The Labute approximate surface area is 168 Å². The zero-order valence-corrected chi connectivity index (χ0v) is 16.6. The number of nitrogens with zero attached hydrogens (tertiary/aromatic N) is 2. The van der Waals surface area contributed by atoms with Crippen molar-refractivity contribution in [1.82, 2.24) is 9.29 Å². The third-order valence-electron chi connectivity index (χ3n) is 4.68. The predicted octanol–water partition coefficient (Wildman–Crippen LogP) is 2.08. The van der Waals surface area contributed by atoms with Gasteiger partial charge in [-0.1, -0.05) is 6.07 Å². The van der Waals surface area contributed by atoms with Crippen molar-refractivity contribution >= 4 is 33.2 Å². The lowest BCUT2D eigenvalue weighted by Gasteiger charge is -2.29. The van der Waals surface area contributed by atoms with E-state index in [1.54, 1.807) is 12.1 Å². The van der Waals surface area contributed by atoms with Crippen LogP contribution < -0.4 is 10.6 Å². The number of anilines is 2. The van der Waals surface area contributed by atoms with Crippen LogP contribution in [0.25, 0.3) is 0 Å². The summed E-state index contributed by atoms with van der Waals surface area (Å²) in [5, 5.41) is 5.27. The first kappa shape index (κ1) is 20.9. The Morgan fingerprint density at radius 1 is 1.10 bits per heavy atom. The van der Waals surface area contributed by atoms with Crippen LogP contribution in [-0.4, -0.2) is 48.9 Å². The number of hydrogen-bond donors (Lipinski definition) is 2. The molecule has 8 nitrogen and oxygen atoms in total. The van der Waals surface area contributed by atoms with Gasteiger partial charge < -0.3 is 10.6 Å². The number of pyridine rings is 1. The molecule has 29 heavy (non-hydrogen) atoms. The van der Waals surface area contributed by atoms with Crippen LogP contribution in [0.2, 0.25) is 0 Å². The van der Waals surface area contributed by atoms with Crippen molar-refractivity contribution in [3.8, 4) is 0 Å². The Kier molecular flexibility index (Phi) is 6.23. The largest absolute Gasteiger partial charge is 0.324 e. The zero-order valence-electron chi connectivity index (χ0n) is 15.8. The lowest BCUT2D eigenvalue weighted by Crippen LogP contribution is -2.40. The molecule has 1 fully saturated rings. The van der Waals surface area contributed by atoms with E-state index < -0.39 is 27.7 Å². The number of amides is 2. The summed E-state index contributed by atoms with van der Waals surface area (Å²) in [7, 11) is -3.29. The normalized spacial score (nSPS) is 15.7. The van der Waals surface area contributed by atoms with Gasteiger partial charge in [-0.2, -0.15) is 0 Å². The molecule has 1 saturated heterocycles. The second kappa shape index (κ2) is 8.66. The maximum atomic E-state index is 13.7. The molecule has 3 rings (SSSR count). The fraction of sp³-hybridized carbons (Fsp3) is 0.316. The van der Waals surface area contributed by atoms with Crippen molar-refractivity contribution < 1.29 is 22.4 Å². The van der Waals surface area contributed by atoms with E-state index in [9.17, 15) is 22.4 Å². The molecule has 0 unspecified atom stereocenters. The van der Waals surface area contributed by atoms with Crippen molar-refractivity contribution in [1.29, 1.82) is 0 Å². The predicted molar refractivity (Wildman–Crippen MR) is 106 cm³/mol. The molecule has 1 aromatic heterocycles. The van der Waals surface area contributed by atoms with Gasteiger partial charge in [0.05, 0.1) is 17.6 Å². The summed E-state index contributed by atoms with van der Waals surface area (Å²) >= 11 is 0. The Morgan fingerprint density at radius 2 is 1.83 bits per heavy atom. The van der Waals surface area contributed by atoms with Gasteiger partial charge >= 0.3 is 0 Å². The van der Waals surface area contributed by atoms with Crippen LogP contribution in [0.1, 0.15) is 23.3 Å². The van der Waals surface area contributed by atoms with E-state index in [1.807, 2.05) is 0 Å². The molecule has 0 bridgehead atoms. The molecule has 2 aromatic rings. The summed E-state index contributed by atoms with van der Waals surface area (Å²) < 4.78 is 38.3. The average Bonchev–Trinajstić information content (AvgIpc) is 2.70. The lowest BCUT2D eigenvalue weighted by molar-refractivity contribution is -0.120. The van der Waals surface area contributed by atoms with Gasteiger partial charge in [-0.05, 0) is 43.2 Å². The summed E-state index contributed by atoms with van der Waals surface area (Å²) in [5.74, 6) is -1.81. The number of rotatable bonds is 5. The van der Waals surface area contributed by atoms with Gasteiger partial charge in [0, 0.05) is 25.2 Å². The summed E-state index contributed by atoms with van der Waals surface area (Å²) in [6.45, 7) is 0.507. The molecular formula is C19H21FN4O4S. The Morgan fingerprint density at radius 3 is 2.45 bits per heavy atom. The number of sulfonamides is 1. The molecule has 0 spiro atoms. The highest BCUT2D eigenvalue weighted by Crippen LogP contribution is 2.26. The van der Waals surface area contributed by atoms with Crippen LogP contribution in [0.3, 0.4) is 0 Å². The Bertz CT molecular complexity index is 1010. The number of carbonyl (C=O) groups excluding carboxylic acids is 2. The first-order valence-electron chi connectivity index (χ1n) is 9.02. The van der Waals surface area contributed by atoms with Gasteiger partial charge in [0.1, 0.15) is 11.5 Å². The van der Waals surface area contributed by atoms with Crippen LogP contribution in [0.4, 0.5) is 15.8 Å². The molecule has 10 heteroatoms. The first-order valence-corrected chi connectivity index (χ1v) is 10.9. The van der Waals surface area contributed by atoms with Gasteiger partial charge in [0.15, 0.2) is 0 Å². The third-order valence-corrected chi connectivity index (χ3v) is 5.98. The van der Waals surface area contributed by atoms with Gasteiger partial charge in [0.2, 0.25) is 15.9 Å². The first-order chi connectivity index (χ1) is 13.7. The topological polar surface area (TPSA) is 108 Å². The highest BCUT2D eigenvalue weighted by Gasteiger charge is 2.29. The molecule has 2 N–H and O–H groups in total. The number of halogens is 1. The van der Waals surface area contributed by atoms with Gasteiger partial charge in [-0.3, -0.25) is 14.6 Å². The zero-order chi connectivity index (χ0) is 21.0. The molecule has 154 valence electrons. The highest BCUT2D eigenvalue weighted by molar-refractivity contribution is 7.88. The van der Waals surface area contributed by atoms with Crippen molar-refractivity contribution in [3.05, 3.63) is 54.1 Å². The van der Waals surface area contributed by atoms with Crippen LogP contribution in [0.15, 0.2) is 42.6 Å². The SMILES string of the molecule is CS(=O)(=O)N1CCC(C(=O)Nc2cc(F)ccc2NC(=O)c2ccccn2)CC1. The molecule has 1 aliphatic rings. The molecule has 0 saturated carbocycles. The molecule has 1 aliphatic heterocycles. The summed E-state index contributed by atoms with van der Waals surface area (Å²) in [5.41, 5.74) is 0.552. The smallest absolute Gasteiger partial charge is 0.274 e. The quantitative estimate of drug-likeness (QED) is 0.770. The maximum absolute atomic E-state index is 13.7. The molecule has 2 heterocycles. The van der Waals surface area contributed by atoms with Crippen LogP contribution in [-0.2, 0) is 14.8 Å². The van der Waals surface area contributed by atoms with Crippen LogP contribution in [0, 0.1) is 11.7 Å². The monoisotopic (exact) mass is 420 g/mol. The lowest BCUT2D eigenvalue weighted by atomic mass is 9.97. The molecule has 0 aliphatic carbocycles. The fourth-order valence-electron chi connectivity index (χ4n) is 3.10. The molecular weight excluding hydrogens is 399 g/mol. The minimum atomic E-state index is -3.29. The number of carbonyl (C=O) groups is 2. The van der Waals surface area contributed by atoms with Crippen molar-refractivity contribution in [2.45, 2.75) is 12.8 Å². The van der Waals surface area contributed by atoms with Crippen molar-refractivity contribution in [3.63, 3.8) is 0 Å². The van der Waals surface area contributed by atoms with Crippen molar-refractivity contribution in [2.75, 3.05) is 30.0 Å². The van der Waals surface area contributed by atoms with Gasteiger partial charge in [-0.15, -0.1) is 0 Å². The summed E-state index contributed by atoms with van der Waals surface area (Å²) in [6, 6.07) is 8.53. The van der Waals surface area contributed by atoms with E-state index in [4.69, 9.17) is 0 Å². The van der Waals surface area contributed by atoms with E-state index in [0.717, 1.165) is 12.3 Å². The maximum Gasteiger partial charge on any atom is 0.274 e. The minimum absolute atomic E-state index is 0.129. The summed E-state index contributed by atoms with van der Waals surface area (Å²) in [6.07, 6.45) is 3.34. The molecule has 1 aromatic carbocycles. The third kappa shape index (κ3) is 5.36. The van der Waals surface area contributed by atoms with E-state index in [1.165, 1.54) is 28.7 Å². The van der Waals surface area contributed by atoms with E-state index in [2.05, 4.69) is 15.6 Å². The number of aromatic nitrogens is 1. The van der Waals surface area contributed by atoms with Crippen LogP contribution in [0.5, 0.6) is 0 Å². The number of hydrogen-bond acceptors (Lipinski definition) is 5. The fourth-order valence-corrected chi connectivity index (χ4v) is 3.97. The van der Waals surface area contributed by atoms with E-state index in [-0.39, 0.29) is 36.1 Å². The Hall–Kier alpha value is -2.85. The number of benzene rings is 1. The summed E-state index contributed by atoms with van der Waals surface area (Å²) in [4.78, 5) is 28.9. The van der Waals surface area contributed by atoms with E-state index in [0.29, 0.717) is 12.8 Å².